The molecule has 4 aliphatic rings. The van der Waals surface area contributed by atoms with Crippen LogP contribution >= 0.6 is 0 Å². The molecule has 0 aromatic heterocycles. The van der Waals surface area contributed by atoms with Crippen LogP contribution in [0.25, 0.3) is 0 Å². The lowest BCUT2D eigenvalue weighted by Gasteiger charge is -2.58. The van der Waals surface area contributed by atoms with Gasteiger partial charge >= 0.3 is 5.97 Å². The van der Waals surface area contributed by atoms with Crippen LogP contribution in [0.5, 0.6) is 0 Å². The number of carboxylic acids is 1. The van der Waals surface area contributed by atoms with Crippen molar-refractivity contribution in [2.75, 3.05) is 0 Å². The predicted molar refractivity (Wildman–Crippen MR) is 90.5 cm³/mol. The number of hydrogen-bond acceptors (Lipinski definition) is 3. The summed E-state index contributed by atoms with van der Waals surface area (Å²) < 4.78 is 5.96. The molecule has 0 unspecified atom stereocenters. The molecule has 0 bridgehead atoms. The van der Waals surface area contributed by atoms with E-state index in [0.29, 0.717) is 0 Å². The smallest absolute Gasteiger partial charge is 0.309 e. The summed E-state index contributed by atoms with van der Waals surface area (Å²) in [6.45, 7) is 8.34. The van der Waals surface area contributed by atoms with E-state index in [1.807, 2.05) is 6.92 Å². The van der Waals surface area contributed by atoms with Gasteiger partial charge in [-0.25, -0.2) is 0 Å². The van der Waals surface area contributed by atoms with Crippen LogP contribution in [0.2, 0.25) is 0 Å². The summed E-state index contributed by atoms with van der Waals surface area (Å²) in [5.74, 6) is -0.218. The van der Waals surface area contributed by atoms with E-state index in [-0.39, 0.29) is 22.9 Å². The molecule has 0 radical (unpaired) electrons. The van der Waals surface area contributed by atoms with E-state index >= 15 is 0 Å². The fourth-order valence-electron chi connectivity index (χ4n) is 6.62. The van der Waals surface area contributed by atoms with Crippen molar-refractivity contribution >= 4 is 5.97 Å². The highest BCUT2D eigenvalue weighted by Crippen LogP contribution is 2.66. The SMILES string of the molecule is CC1(C)O[C@]12CC[C@H]1C(=CC[C@@H]3[C@]1(C)CCC[C@@]3(C)C(=O)O)[C@H]2O. The molecule has 3 fully saturated rings. The number of carboxylic acid groups (broad SMARTS) is 1. The second kappa shape index (κ2) is 4.64. The second-order valence-electron chi connectivity index (χ2n) is 9.57. The van der Waals surface area contributed by atoms with E-state index in [4.69, 9.17) is 4.74 Å². The van der Waals surface area contributed by atoms with Crippen molar-refractivity contribution in [3.63, 3.8) is 0 Å². The number of aliphatic carboxylic acids is 1. The lowest BCUT2D eigenvalue weighted by molar-refractivity contribution is -0.163. The molecule has 1 saturated heterocycles. The van der Waals surface area contributed by atoms with Gasteiger partial charge in [0.15, 0.2) is 0 Å². The molecule has 4 heteroatoms. The number of aliphatic hydroxyl groups excluding tert-OH is 1. The Hall–Kier alpha value is -0.870. The van der Waals surface area contributed by atoms with Gasteiger partial charge < -0.3 is 14.9 Å². The summed E-state index contributed by atoms with van der Waals surface area (Å²) in [5.41, 5.74) is -0.219. The summed E-state index contributed by atoms with van der Waals surface area (Å²) in [6.07, 6.45) is 7.04. The molecule has 0 aromatic carbocycles. The van der Waals surface area contributed by atoms with E-state index < -0.39 is 23.1 Å². The molecule has 3 aliphatic carbocycles. The maximum atomic E-state index is 12.0. The molecule has 1 spiro atoms. The summed E-state index contributed by atoms with van der Waals surface area (Å²) in [6, 6.07) is 0. The summed E-state index contributed by atoms with van der Waals surface area (Å²) >= 11 is 0. The first-order chi connectivity index (χ1) is 11.1. The van der Waals surface area contributed by atoms with Crippen molar-refractivity contribution in [3.05, 3.63) is 11.6 Å². The highest BCUT2D eigenvalue weighted by molar-refractivity contribution is 5.75. The Morgan fingerprint density at radius 1 is 1.21 bits per heavy atom. The van der Waals surface area contributed by atoms with Gasteiger partial charge in [-0.05, 0) is 75.7 Å². The van der Waals surface area contributed by atoms with Crippen LogP contribution in [0.1, 0.15) is 66.2 Å². The number of epoxide rings is 1. The molecule has 0 aromatic rings. The van der Waals surface area contributed by atoms with Crippen LogP contribution in [0, 0.1) is 22.7 Å². The van der Waals surface area contributed by atoms with Crippen molar-refractivity contribution in [3.8, 4) is 0 Å². The first-order valence-electron chi connectivity index (χ1n) is 9.40. The number of fused-ring (bicyclic) bond motifs is 3. The number of ether oxygens (including phenoxy) is 1. The first kappa shape index (κ1) is 16.6. The molecule has 2 N–H and O–H groups in total. The Morgan fingerprint density at radius 3 is 2.46 bits per heavy atom. The van der Waals surface area contributed by atoms with Crippen molar-refractivity contribution in [1.82, 2.24) is 0 Å². The third-order valence-electron chi connectivity index (χ3n) is 8.23. The fraction of sp³-hybridized carbons (Fsp3) is 0.850. The molecular formula is C20H30O4. The number of aliphatic hydroxyl groups is 1. The lowest BCUT2D eigenvalue weighted by Crippen LogP contribution is -2.56. The third-order valence-corrected chi connectivity index (χ3v) is 8.23. The van der Waals surface area contributed by atoms with Crippen molar-refractivity contribution in [2.24, 2.45) is 22.7 Å². The van der Waals surface area contributed by atoms with Crippen LogP contribution in [0.15, 0.2) is 11.6 Å². The molecule has 24 heavy (non-hydrogen) atoms. The molecule has 2 saturated carbocycles. The quantitative estimate of drug-likeness (QED) is 0.568. The maximum absolute atomic E-state index is 12.0. The number of hydrogen-bond donors (Lipinski definition) is 2. The van der Waals surface area contributed by atoms with Gasteiger partial charge in [0.2, 0.25) is 0 Å². The van der Waals surface area contributed by atoms with Gasteiger partial charge in [0.1, 0.15) is 11.7 Å². The van der Waals surface area contributed by atoms with Gasteiger partial charge in [-0.2, -0.15) is 0 Å². The van der Waals surface area contributed by atoms with Crippen LogP contribution in [-0.4, -0.2) is 33.5 Å². The minimum absolute atomic E-state index is 0.0307. The number of carbonyl (C=O) groups is 1. The molecule has 0 amide bonds. The van der Waals surface area contributed by atoms with Gasteiger partial charge in [-0.1, -0.05) is 19.4 Å². The van der Waals surface area contributed by atoms with E-state index in [1.54, 1.807) is 0 Å². The van der Waals surface area contributed by atoms with E-state index in [9.17, 15) is 15.0 Å². The van der Waals surface area contributed by atoms with E-state index in [2.05, 4.69) is 26.8 Å². The highest BCUT2D eigenvalue weighted by Gasteiger charge is 2.71. The minimum atomic E-state index is -0.658. The molecule has 1 aliphatic heterocycles. The summed E-state index contributed by atoms with van der Waals surface area (Å²) in [4.78, 5) is 12.0. The van der Waals surface area contributed by atoms with Gasteiger partial charge in [0, 0.05) is 0 Å². The molecule has 4 nitrogen and oxygen atoms in total. The summed E-state index contributed by atoms with van der Waals surface area (Å²) in [5, 5.41) is 20.9. The monoisotopic (exact) mass is 334 g/mol. The Labute approximate surface area is 144 Å². The largest absolute Gasteiger partial charge is 0.481 e. The first-order valence-corrected chi connectivity index (χ1v) is 9.40. The van der Waals surface area contributed by atoms with Gasteiger partial charge in [-0.3, -0.25) is 4.79 Å². The molecule has 6 atom stereocenters. The Kier molecular flexibility index (Phi) is 3.21. The van der Waals surface area contributed by atoms with Gasteiger partial charge in [-0.15, -0.1) is 0 Å². The third kappa shape index (κ3) is 1.79. The van der Waals surface area contributed by atoms with Crippen LogP contribution in [0.3, 0.4) is 0 Å². The standard InChI is InChI=1S/C20H30O4/c1-17(2)20(24-17)11-8-13-12(15(20)21)6-7-14-18(13,3)9-5-10-19(14,4)16(22)23/h6,13-15,21H,5,7-11H2,1-4H3,(H,22,23)/t13-,14+,15+,18+,19+,20-/m0/s1. The highest BCUT2D eigenvalue weighted by atomic mass is 16.6. The molecule has 134 valence electrons. The maximum Gasteiger partial charge on any atom is 0.309 e. The fourth-order valence-corrected chi connectivity index (χ4v) is 6.62. The predicted octanol–water partition coefficient (Wildman–Crippen LogP) is 3.53. The van der Waals surface area contributed by atoms with E-state index in [1.165, 1.54) is 0 Å². The number of allylic oxidation sites excluding steroid dienone is 1. The minimum Gasteiger partial charge on any atom is -0.481 e. The normalized spacial score (nSPS) is 52.2. The van der Waals surface area contributed by atoms with E-state index in [0.717, 1.165) is 44.1 Å². The molecule has 1 heterocycles. The van der Waals surface area contributed by atoms with Crippen LogP contribution < -0.4 is 0 Å². The Morgan fingerprint density at radius 2 is 1.88 bits per heavy atom. The number of rotatable bonds is 1. The summed E-state index contributed by atoms with van der Waals surface area (Å²) in [7, 11) is 0. The van der Waals surface area contributed by atoms with Crippen LogP contribution in [0.4, 0.5) is 0 Å². The molecule has 4 rings (SSSR count). The van der Waals surface area contributed by atoms with Gasteiger partial charge in [0.25, 0.3) is 0 Å². The second-order valence-corrected chi connectivity index (χ2v) is 9.57. The van der Waals surface area contributed by atoms with Crippen molar-refractivity contribution in [2.45, 2.75) is 83.5 Å². The average Bonchev–Trinajstić information content (AvgIpc) is 3.05. The zero-order valence-corrected chi connectivity index (χ0v) is 15.3. The van der Waals surface area contributed by atoms with Gasteiger partial charge in [0.05, 0.1) is 11.0 Å². The zero-order valence-electron chi connectivity index (χ0n) is 15.3. The van der Waals surface area contributed by atoms with Crippen molar-refractivity contribution < 1.29 is 19.7 Å². The lowest BCUT2D eigenvalue weighted by atomic mass is 9.45. The van der Waals surface area contributed by atoms with Crippen LogP contribution in [-0.2, 0) is 9.53 Å². The topological polar surface area (TPSA) is 70.1 Å². The average molecular weight is 334 g/mol. The molecular weight excluding hydrogens is 304 g/mol. The van der Waals surface area contributed by atoms with Crippen molar-refractivity contribution in [1.29, 1.82) is 0 Å². The zero-order chi connectivity index (χ0) is 17.5. The Bertz CT molecular complexity index is 623. The Balaban J connectivity index is 1.72.